The zero-order valence-electron chi connectivity index (χ0n) is 35.9. The summed E-state index contributed by atoms with van der Waals surface area (Å²) in [6.45, 7) is 0. The molecule has 0 atom stereocenters. The molecule has 0 spiro atoms. The van der Waals surface area contributed by atoms with E-state index in [9.17, 15) is 5.26 Å². The van der Waals surface area contributed by atoms with Gasteiger partial charge in [0.1, 0.15) is 0 Å². The second kappa shape index (κ2) is 16.3. The lowest BCUT2D eigenvalue weighted by Gasteiger charge is -2.19. The summed E-state index contributed by atoms with van der Waals surface area (Å²) in [6, 6.07) is 86.1. The number of hydrogen-bond donors (Lipinski definition) is 0. The van der Waals surface area contributed by atoms with Gasteiger partial charge >= 0.3 is 0 Å². The van der Waals surface area contributed by atoms with Crippen molar-refractivity contribution < 1.29 is 0 Å². The maximum absolute atomic E-state index is 9.24. The lowest BCUT2D eigenvalue weighted by atomic mass is 9.83. The number of aromatic nitrogens is 2. The van der Waals surface area contributed by atoms with Gasteiger partial charge in [-0.15, -0.1) is 0 Å². The van der Waals surface area contributed by atoms with Gasteiger partial charge in [-0.2, -0.15) is 5.26 Å². The Labute approximate surface area is 383 Å². The van der Waals surface area contributed by atoms with Crippen LogP contribution in [0.4, 0.5) is 0 Å². The standard InChI is InChI=1S/C63H39N3/c64-40-41-19-21-42(22-20-41)43-23-27-46(28-24-43)58-39-59(66-63(65-58)49-14-5-2-6-15-49)47-29-25-44(26-30-47)50-31-32-52-38-53(34-33-51(52)37-50)61-56-18-10-9-17-55(56)60(48-12-3-1-4-13-48)57-36-35-45-11-7-8-16-54(45)62(57)61/h1-39H. The summed E-state index contributed by atoms with van der Waals surface area (Å²) in [7, 11) is 0. The Balaban J connectivity index is 0.905. The van der Waals surface area contributed by atoms with E-state index in [-0.39, 0.29) is 0 Å². The highest BCUT2D eigenvalue weighted by atomic mass is 14.9. The third-order valence-corrected chi connectivity index (χ3v) is 12.9. The number of nitrogens with zero attached hydrogens (tertiary/aromatic N) is 3. The molecule has 0 saturated heterocycles. The second-order valence-electron chi connectivity index (χ2n) is 16.8. The van der Waals surface area contributed by atoms with E-state index < -0.39 is 0 Å². The van der Waals surface area contributed by atoms with Gasteiger partial charge in [-0.05, 0) is 118 Å². The highest BCUT2D eigenvalue weighted by Crippen LogP contribution is 2.46. The van der Waals surface area contributed by atoms with E-state index in [1.165, 1.54) is 65.3 Å². The van der Waals surface area contributed by atoms with E-state index in [2.05, 4.69) is 200 Å². The van der Waals surface area contributed by atoms with Crippen molar-refractivity contribution in [3.63, 3.8) is 0 Å². The number of fused-ring (bicyclic) bond motifs is 5. The first-order valence-electron chi connectivity index (χ1n) is 22.3. The summed E-state index contributed by atoms with van der Waals surface area (Å²) in [5.41, 5.74) is 14.8. The van der Waals surface area contributed by atoms with E-state index >= 15 is 0 Å². The first kappa shape index (κ1) is 38.7. The average molecular weight is 838 g/mol. The molecule has 1 heterocycles. The molecule has 306 valence electrons. The molecule has 11 aromatic carbocycles. The van der Waals surface area contributed by atoms with Crippen LogP contribution in [0.2, 0.25) is 0 Å². The molecule has 0 aliphatic carbocycles. The molecule has 0 aliphatic rings. The van der Waals surface area contributed by atoms with Crippen molar-refractivity contribution in [3.05, 3.63) is 242 Å². The van der Waals surface area contributed by atoms with Crippen molar-refractivity contribution in [3.8, 4) is 84.5 Å². The average Bonchev–Trinajstić information content (AvgIpc) is 3.40. The van der Waals surface area contributed by atoms with Gasteiger partial charge in [-0.3, -0.25) is 0 Å². The molecule has 1 aromatic heterocycles. The van der Waals surface area contributed by atoms with Gasteiger partial charge in [-0.25, -0.2) is 9.97 Å². The van der Waals surface area contributed by atoms with Crippen LogP contribution in [0.25, 0.3) is 122 Å². The molecule has 0 N–H and O–H groups in total. The van der Waals surface area contributed by atoms with E-state index in [4.69, 9.17) is 9.97 Å². The number of benzene rings is 11. The van der Waals surface area contributed by atoms with Crippen molar-refractivity contribution in [2.75, 3.05) is 0 Å². The van der Waals surface area contributed by atoms with Crippen LogP contribution in [0.1, 0.15) is 5.56 Å². The lowest BCUT2D eigenvalue weighted by molar-refractivity contribution is 1.18. The van der Waals surface area contributed by atoms with Crippen molar-refractivity contribution in [2.45, 2.75) is 0 Å². The van der Waals surface area contributed by atoms with Crippen LogP contribution >= 0.6 is 0 Å². The third-order valence-electron chi connectivity index (χ3n) is 12.9. The summed E-state index contributed by atoms with van der Waals surface area (Å²) < 4.78 is 0. The summed E-state index contributed by atoms with van der Waals surface area (Å²) in [6.07, 6.45) is 0. The van der Waals surface area contributed by atoms with Crippen LogP contribution in [0, 0.1) is 11.3 Å². The molecule has 12 aromatic rings. The zero-order valence-corrected chi connectivity index (χ0v) is 35.9. The maximum atomic E-state index is 9.24. The summed E-state index contributed by atoms with van der Waals surface area (Å²) in [5, 5.41) is 19.2. The minimum atomic E-state index is 0.649. The van der Waals surface area contributed by atoms with Crippen molar-refractivity contribution >= 4 is 43.1 Å². The normalized spacial score (nSPS) is 11.3. The van der Waals surface area contributed by atoms with Crippen LogP contribution in [0.3, 0.4) is 0 Å². The monoisotopic (exact) mass is 837 g/mol. The van der Waals surface area contributed by atoms with Crippen molar-refractivity contribution in [2.24, 2.45) is 0 Å². The topological polar surface area (TPSA) is 49.6 Å². The predicted octanol–water partition coefficient (Wildman–Crippen LogP) is 16.6. The van der Waals surface area contributed by atoms with Gasteiger partial charge in [0, 0.05) is 16.7 Å². The molecule has 12 rings (SSSR count). The second-order valence-corrected chi connectivity index (χ2v) is 16.8. The molecule has 66 heavy (non-hydrogen) atoms. The van der Waals surface area contributed by atoms with Crippen LogP contribution in [-0.4, -0.2) is 9.97 Å². The van der Waals surface area contributed by atoms with Crippen LogP contribution in [-0.2, 0) is 0 Å². The molecule has 3 nitrogen and oxygen atoms in total. The summed E-state index contributed by atoms with van der Waals surface area (Å²) >= 11 is 0. The molecular formula is C63H39N3. The van der Waals surface area contributed by atoms with Gasteiger partial charge in [0.25, 0.3) is 0 Å². The van der Waals surface area contributed by atoms with Crippen molar-refractivity contribution in [1.82, 2.24) is 9.97 Å². The Bertz CT molecular complexity index is 3830. The molecule has 0 aliphatic heterocycles. The highest BCUT2D eigenvalue weighted by molar-refractivity contribution is 6.28. The lowest BCUT2D eigenvalue weighted by Crippen LogP contribution is -1.96. The number of rotatable bonds is 7. The number of hydrogen-bond acceptors (Lipinski definition) is 3. The Hall–Kier alpha value is -8.97. The molecule has 0 bridgehead atoms. The third kappa shape index (κ3) is 6.95. The fourth-order valence-corrected chi connectivity index (χ4v) is 9.61. The molecule has 3 heteroatoms. The van der Waals surface area contributed by atoms with E-state index in [0.717, 1.165) is 50.3 Å². The zero-order chi connectivity index (χ0) is 44.0. The minimum Gasteiger partial charge on any atom is -0.228 e. The van der Waals surface area contributed by atoms with E-state index in [0.29, 0.717) is 11.4 Å². The molecular weight excluding hydrogens is 799 g/mol. The highest BCUT2D eigenvalue weighted by Gasteiger charge is 2.19. The Morgan fingerprint density at radius 1 is 0.288 bits per heavy atom. The van der Waals surface area contributed by atoms with E-state index in [1.54, 1.807) is 0 Å². The maximum Gasteiger partial charge on any atom is 0.160 e. The fourth-order valence-electron chi connectivity index (χ4n) is 9.61. The smallest absolute Gasteiger partial charge is 0.160 e. The SMILES string of the molecule is N#Cc1ccc(-c2ccc(-c3cc(-c4ccc(-c5ccc6cc(-c7c8ccccc8c(-c8ccccc8)c8ccc9ccccc9c78)ccc6c5)cc4)nc(-c4ccccc4)n3)cc2)cc1. The largest absolute Gasteiger partial charge is 0.228 e. The van der Waals surface area contributed by atoms with Gasteiger partial charge in [-0.1, -0.05) is 206 Å². The summed E-state index contributed by atoms with van der Waals surface area (Å²) in [5.74, 6) is 0.679. The Kier molecular flexibility index (Phi) is 9.55. The molecule has 0 fully saturated rings. The molecule has 0 radical (unpaired) electrons. The van der Waals surface area contributed by atoms with Gasteiger partial charge in [0.2, 0.25) is 0 Å². The summed E-state index contributed by atoms with van der Waals surface area (Å²) in [4.78, 5) is 10.2. The van der Waals surface area contributed by atoms with Gasteiger partial charge < -0.3 is 0 Å². The van der Waals surface area contributed by atoms with Crippen LogP contribution in [0.15, 0.2) is 237 Å². The molecule has 0 amide bonds. The minimum absolute atomic E-state index is 0.649. The Morgan fingerprint density at radius 2 is 0.742 bits per heavy atom. The van der Waals surface area contributed by atoms with Gasteiger partial charge in [0.15, 0.2) is 5.82 Å². The predicted molar refractivity (Wildman–Crippen MR) is 275 cm³/mol. The quantitative estimate of drug-likeness (QED) is 0.119. The molecule has 0 saturated carbocycles. The Morgan fingerprint density at radius 3 is 1.36 bits per heavy atom. The van der Waals surface area contributed by atoms with Gasteiger partial charge in [0.05, 0.1) is 23.0 Å². The van der Waals surface area contributed by atoms with E-state index in [1.807, 2.05) is 42.5 Å². The van der Waals surface area contributed by atoms with Crippen LogP contribution in [0.5, 0.6) is 0 Å². The fraction of sp³-hybridized carbons (Fsp3) is 0. The number of nitriles is 1. The molecule has 0 unspecified atom stereocenters. The first-order valence-corrected chi connectivity index (χ1v) is 22.3. The van der Waals surface area contributed by atoms with Crippen molar-refractivity contribution in [1.29, 1.82) is 5.26 Å². The van der Waals surface area contributed by atoms with Crippen LogP contribution < -0.4 is 0 Å². The first-order chi connectivity index (χ1) is 32.6.